The summed E-state index contributed by atoms with van der Waals surface area (Å²) in [5.74, 6) is 0.918. The summed E-state index contributed by atoms with van der Waals surface area (Å²) < 4.78 is 6.76. The lowest BCUT2D eigenvalue weighted by atomic mass is 10.00. The standard InChI is InChI=1S/C18H22BrNO/c1-2-3-11-21-17-9-7-15(8-10-17)18(20)13-14-5-4-6-16(19)12-14/h4-10,12,18H,2-3,11,13,20H2,1H3. The highest BCUT2D eigenvalue weighted by Gasteiger charge is 2.07. The zero-order valence-corrected chi connectivity index (χ0v) is 14.0. The number of ether oxygens (including phenoxy) is 1. The second kappa shape index (κ2) is 8.20. The van der Waals surface area contributed by atoms with Crippen LogP contribution in [0.3, 0.4) is 0 Å². The normalized spacial score (nSPS) is 12.1. The summed E-state index contributed by atoms with van der Waals surface area (Å²) in [7, 11) is 0. The summed E-state index contributed by atoms with van der Waals surface area (Å²) in [4.78, 5) is 0. The predicted molar refractivity (Wildman–Crippen MR) is 91.6 cm³/mol. The van der Waals surface area contributed by atoms with Gasteiger partial charge in [-0.05, 0) is 48.2 Å². The molecule has 2 aromatic carbocycles. The van der Waals surface area contributed by atoms with E-state index in [1.165, 1.54) is 5.56 Å². The van der Waals surface area contributed by atoms with Gasteiger partial charge in [0.15, 0.2) is 0 Å². The summed E-state index contributed by atoms with van der Waals surface area (Å²) in [6.07, 6.45) is 3.06. The van der Waals surface area contributed by atoms with Crippen LogP contribution in [0, 0.1) is 0 Å². The largest absolute Gasteiger partial charge is 0.494 e. The topological polar surface area (TPSA) is 35.2 Å². The van der Waals surface area contributed by atoms with Crippen LogP contribution in [-0.2, 0) is 6.42 Å². The Labute approximate surface area is 135 Å². The molecular weight excluding hydrogens is 326 g/mol. The van der Waals surface area contributed by atoms with Crippen LogP contribution in [0.25, 0.3) is 0 Å². The van der Waals surface area contributed by atoms with Gasteiger partial charge < -0.3 is 10.5 Å². The Hall–Kier alpha value is -1.32. The molecule has 1 atom stereocenters. The second-order valence-corrected chi connectivity index (χ2v) is 6.13. The molecule has 0 aliphatic heterocycles. The maximum absolute atomic E-state index is 6.29. The molecule has 0 heterocycles. The lowest BCUT2D eigenvalue weighted by Gasteiger charge is -2.13. The molecule has 0 amide bonds. The molecule has 0 radical (unpaired) electrons. The fourth-order valence-corrected chi connectivity index (χ4v) is 2.63. The summed E-state index contributed by atoms with van der Waals surface area (Å²) in [5, 5.41) is 0. The molecule has 0 spiro atoms. The number of halogens is 1. The highest BCUT2D eigenvalue weighted by atomic mass is 79.9. The first-order valence-electron chi connectivity index (χ1n) is 7.42. The van der Waals surface area contributed by atoms with Crippen LogP contribution in [0.1, 0.15) is 36.9 Å². The van der Waals surface area contributed by atoms with Gasteiger partial charge in [-0.25, -0.2) is 0 Å². The molecule has 0 saturated carbocycles. The Bertz CT molecular complexity index is 553. The van der Waals surface area contributed by atoms with Gasteiger partial charge in [0.2, 0.25) is 0 Å². The fourth-order valence-electron chi connectivity index (χ4n) is 2.18. The van der Waals surface area contributed by atoms with Crippen LogP contribution < -0.4 is 10.5 Å². The van der Waals surface area contributed by atoms with Gasteiger partial charge in [0.1, 0.15) is 5.75 Å². The Morgan fingerprint density at radius 3 is 2.57 bits per heavy atom. The van der Waals surface area contributed by atoms with Crippen molar-refractivity contribution in [3.63, 3.8) is 0 Å². The third kappa shape index (κ3) is 5.18. The SMILES string of the molecule is CCCCOc1ccc(C(N)Cc2cccc(Br)c2)cc1. The van der Waals surface area contributed by atoms with Gasteiger partial charge in [-0.1, -0.05) is 53.5 Å². The highest BCUT2D eigenvalue weighted by Crippen LogP contribution is 2.21. The Morgan fingerprint density at radius 1 is 1.14 bits per heavy atom. The third-order valence-corrected chi connectivity index (χ3v) is 3.91. The number of unbranched alkanes of at least 4 members (excludes halogenated alkanes) is 1. The molecule has 2 rings (SSSR count). The lowest BCUT2D eigenvalue weighted by molar-refractivity contribution is 0.309. The van der Waals surface area contributed by atoms with Crippen LogP contribution in [0.5, 0.6) is 5.75 Å². The fraction of sp³-hybridized carbons (Fsp3) is 0.333. The van der Waals surface area contributed by atoms with Gasteiger partial charge in [0.05, 0.1) is 6.61 Å². The molecule has 2 aromatic rings. The molecule has 0 fully saturated rings. The zero-order valence-electron chi connectivity index (χ0n) is 12.4. The summed E-state index contributed by atoms with van der Waals surface area (Å²) >= 11 is 3.49. The predicted octanol–water partition coefficient (Wildman–Crippen LogP) is 4.87. The first-order chi connectivity index (χ1) is 10.2. The van der Waals surface area contributed by atoms with Crippen LogP contribution in [0.4, 0.5) is 0 Å². The number of nitrogens with two attached hydrogens (primary N) is 1. The molecule has 0 saturated heterocycles. The van der Waals surface area contributed by atoms with Crippen LogP contribution in [-0.4, -0.2) is 6.61 Å². The van der Waals surface area contributed by atoms with E-state index in [1.54, 1.807) is 0 Å². The first-order valence-corrected chi connectivity index (χ1v) is 8.21. The minimum atomic E-state index is 0.00370. The molecule has 112 valence electrons. The summed E-state index contributed by atoms with van der Waals surface area (Å²) in [6, 6.07) is 16.4. The number of benzene rings is 2. The van der Waals surface area contributed by atoms with Crippen LogP contribution in [0.15, 0.2) is 53.0 Å². The second-order valence-electron chi connectivity index (χ2n) is 5.21. The molecule has 21 heavy (non-hydrogen) atoms. The molecule has 0 bridgehead atoms. The summed E-state index contributed by atoms with van der Waals surface area (Å²) in [6.45, 7) is 2.94. The van der Waals surface area contributed by atoms with E-state index in [0.717, 1.165) is 41.7 Å². The quantitative estimate of drug-likeness (QED) is 0.725. The van der Waals surface area contributed by atoms with Gasteiger partial charge in [-0.3, -0.25) is 0 Å². The molecule has 3 heteroatoms. The molecule has 2 nitrogen and oxygen atoms in total. The zero-order chi connectivity index (χ0) is 15.1. The highest BCUT2D eigenvalue weighted by molar-refractivity contribution is 9.10. The van der Waals surface area contributed by atoms with Crippen molar-refractivity contribution in [3.8, 4) is 5.75 Å². The maximum Gasteiger partial charge on any atom is 0.119 e. The van der Waals surface area contributed by atoms with Crippen molar-refractivity contribution in [1.82, 2.24) is 0 Å². The Kier molecular flexibility index (Phi) is 6.27. The molecule has 0 aliphatic rings. The average Bonchev–Trinajstić information content (AvgIpc) is 2.48. The number of rotatable bonds is 7. The molecular formula is C18H22BrNO. The minimum Gasteiger partial charge on any atom is -0.494 e. The first kappa shape index (κ1) is 16.1. The summed E-state index contributed by atoms with van der Waals surface area (Å²) in [5.41, 5.74) is 8.67. The Balaban J connectivity index is 1.94. The average molecular weight is 348 g/mol. The van der Waals surface area contributed by atoms with Gasteiger partial charge in [0.25, 0.3) is 0 Å². The lowest BCUT2D eigenvalue weighted by Crippen LogP contribution is -2.13. The van der Waals surface area contributed by atoms with Gasteiger partial charge in [0, 0.05) is 10.5 Å². The number of hydrogen-bond acceptors (Lipinski definition) is 2. The molecule has 1 unspecified atom stereocenters. The molecule has 0 aromatic heterocycles. The van der Waals surface area contributed by atoms with E-state index in [1.807, 2.05) is 24.3 Å². The van der Waals surface area contributed by atoms with Crippen molar-refractivity contribution < 1.29 is 4.74 Å². The van der Waals surface area contributed by atoms with E-state index in [4.69, 9.17) is 10.5 Å². The smallest absolute Gasteiger partial charge is 0.119 e. The monoisotopic (exact) mass is 347 g/mol. The Morgan fingerprint density at radius 2 is 1.90 bits per heavy atom. The van der Waals surface area contributed by atoms with Gasteiger partial charge in [-0.15, -0.1) is 0 Å². The van der Waals surface area contributed by atoms with E-state index < -0.39 is 0 Å². The van der Waals surface area contributed by atoms with Crippen molar-refractivity contribution in [1.29, 1.82) is 0 Å². The van der Waals surface area contributed by atoms with E-state index in [0.29, 0.717) is 0 Å². The van der Waals surface area contributed by atoms with Crippen molar-refractivity contribution in [2.24, 2.45) is 5.73 Å². The molecule has 2 N–H and O–H groups in total. The number of hydrogen-bond donors (Lipinski definition) is 1. The van der Waals surface area contributed by atoms with E-state index in [-0.39, 0.29) is 6.04 Å². The van der Waals surface area contributed by atoms with Gasteiger partial charge >= 0.3 is 0 Å². The maximum atomic E-state index is 6.29. The van der Waals surface area contributed by atoms with Crippen LogP contribution in [0.2, 0.25) is 0 Å². The van der Waals surface area contributed by atoms with Gasteiger partial charge in [-0.2, -0.15) is 0 Å². The van der Waals surface area contributed by atoms with E-state index >= 15 is 0 Å². The molecule has 0 aliphatic carbocycles. The minimum absolute atomic E-state index is 0.00370. The van der Waals surface area contributed by atoms with Crippen molar-refractivity contribution in [3.05, 3.63) is 64.1 Å². The van der Waals surface area contributed by atoms with Crippen LogP contribution >= 0.6 is 15.9 Å². The van der Waals surface area contributed by atoms with Crippen molar-refractivity contribution in [2.45, 2.75) is 32.2 Å². The van der Waals surface area contributed by atoms with Crippen molar-refractivity contribution in [2.75, 3.05) is 6.61 Å². The van der Waals surface area contributed by atoms with Crippen molar-refractivity contribution >= 4 is 15.9 Å². The van der Waals surface area contributed by atoms with E-state index in [9.17, 15) is 0 Å². The third-order valence-electron chi connectivity index (χ3n) is 3.42. The van der Waals surface area contributed by atoms with E-state index in [2.05, 4.69) is 47.1 Å².